The Hall–Kier alpha value is -2.48. The number of aromatic nitrogens is 4. The summed E-state index contributed by atoms with van der Waals surface area (Å²) < 4.78 is 6.87. The van der Waals surface area contributed by atoms with Crippen LogP contribution in [-0.2, 0) is 13.5 Å². The van der Waals surface area contributed by atoms with Crippen molar-refractivity contribution in [3.8, 4) is 10.7 Å². The van der Waals surface area contributed by atoms with E-state index in [9.17, 15) is 4.79 Å². The average Bonchev–Trinajstić information content (AvgIpc) is 3.30. The Bertz CT molecular complexity index is 778. The molecule has 24 heavy (non-hydrogen) atoms. The molecule has 0 aromatic carbocycles. The number of hydrogen-bond acceptors (Lipinski definition) is 6. The van der Waals surface area contributed by atoms with Crippen LogP contribution in [0.5, 0.6) is 0 Å². The van der Waals surface area contributed by atoms with Crippen molar-refractivity contribution in [2.24, 2.45) is 7.05 Å². The predicted molar refractivity (Wildman–Crippen MR) is 90.7 cm³/mol. The van der Waals surface area contributed by atoms with Gasteiger partial charge in [-0.15, -0.1) is 11.3 Å². The van der Waals surface area contributed by atoms with Crippen molar-refractivity contribution in [3.05, 3.63) is 41.4 Å². The van der Waals surface area contributed by atoms with Gasteiger partial charge in [0.1, 0.15) is 0 Å². The number of thiophene rings is 1. The normalized spacial score (nSPS) is 10.9. The zero-order valence-electron chi connectivity index (χ0n) is 13.4. The number of aryl methyl sites for hydroxylation is 2. The maximum atomic E-state index is 11.8. The second-order valence-electron chi connectivity index (χ2n) is 5.46. The standard InChI is InChI=1S/C16H19N5O2S/c1-21-11-12(10-18-21)16(22)17-8-4-2-3-7-14-19-15(20-23-14)13-6-5-9-24-13/h5-6,9-11H,2-4,7-8H2,1H3,(H,17,22). The van der Waals surface area contributed by atoms with Crippen LogP contribution in [0.15, 0.2) is 34.4 Å². The molecule has 3 aromatic heterocycles. The summed E-state index contributed by atoms with van der Waals surface area (Å²) >= 11 is 1.60. The minimum Gasteiger partial charge on any atom is -0.352 e. The number of carbonyl (C=O) groups is 1. The highest BCUT2D eigenvalue weighted by Crippen LogP contribution is 2.21. The third kappa shape index (κ3) is 4.29. The molecule has 126 valence electrons. The van der Waals surface area contributed by atoms with E-state index >= 15 is 0 Å². The molecule has 7 nitrogen and oxygen atoms in total. The van der Waals surface area contributed by atoms with E-state index in [0.717, 1.165) is 30.6 Å². The zero-order valence-corrected chi connectivity index (χ0v) is 14.3. The molecule has 0 unspecified atom stereocenters. The molecule has 0 fully saturated rings. The van der Waals surface area contributed by atoms with Crippen molar-refractivity contribution >= 4 is 17.2 Å². The number of rotatable bonds is 8. The molecule has 0 saturated carbocycles. The van der Waals surface area contributed by atoms with Gasteiger partial charge < -0.3 is 9.84 Å². The lowest BCUT2D eigenvalue weighted by Gasteiger charge is -2.02. The minimum atomic E-state index is -0.0828. The second kappa shape index (κ2) is 7.87. The quantitative estimate of drug-likeness (QED) is 0.634. The number of nitrogens with one attached hydrogen (secondary N) is 1. The van der Waals surface area contributed by atoms with E-state index in [1.54, 1.807) is 35.5 Å². The third-order valence-corrected chi connectivity index (χ3v) is 4.40. The van der Waals surface area contributed by atoms with Gasteiger partial charge in [0.25, 0.3) is 5.91 Å². The largest absolute Gasteiger partial charge is 0.352 e. The highest BCUT2D eigenvalue weighted by molar-refractivity contribution is 7.13. The number of unbranched alkanes of at least 4 members (excludes halogenated alkanes) is 2. The molecule has 8 heteroatoms. The summed E-state index contributed by atoms with van der Waals surface area (Å²) in [6, 6.07) is 3.94. The van der Waals surface area contributed by atoms with Crippen molar-refractivity contribution in [2.75, 3.05) is 6.54 Å². The first-order chi connectivity index (χ1) is 11.7. The molecular weight excluding hydrogens is 326 g/mol. The first-order valence-corrected chi connectivity index (χ1v) is 8.73. The SMILES string of the molecule is Cn1cc(C(=O)NCCCCCc2nc(-c3cccs3)no2)cn1. The summed E-state index contributed by atoms with van der Waals surface area (Å²) in [7, 11) is 1.79. The lowest BCUT2D eigenvalue weighted by atomic mass is 10.2. The fraction of sp³-hybridized carbons (Fsp3) is 0.375. The molecule has 3 heterocycles. The third-order valence-electron chi connectivity index (χ3n) is 3.53. The van der Waals surface area contributed by atoms with Crippen LogP contribution in [0.3, 0.4) is 0 Å². The molecule has 0 aliphatic heterocycles. The first kappa shape index (κ1) is 16.4. The van der Waals surface area contributed by atoms with Crippen LogP contribution in [0.1, 0.15) is 35.5 Å². The van der Waals surface area contributed by atoms with E-state index in [1.807, 2.05) is 17.5 Å². The minimum absolute atomic E-state index is 0.0828. The van der Waals surface area contributed by atoms with Gasteiger partial charge in [-0.3, -0.25) is 9.48 Å². The number of nitrogens with zero attached hydrogens (tertiary/aromatic N) is 4. The smallest absolute Gasteiger partial charge is 0.254 e. The Morgan fingerprint density at radius 1 is 1.38 bits per heavy atom. The van der Waals surface area contributed by atoms with Crippen molar-refractivity contribution in [2.45, 2.75) is 25.7 Å². The van der Waals surface area contributed by atoms with Crippen molar-refractivity contribution in [1.29, 1.82) is 0 Å². The van der Waals surface area contributed by atoms with Gasteiger partial charge in [0.15, 0.2) is 0 Å². The molecule has 1 N–H and O–H groups in total. The maximum Gasteiger partial charge on any atom is 0.254 e. The molecule has 0 aliphatic carbocycles. The topological polar surface area (TPSA) is 85.8 Å². The van der Waals surface area contributed by atoms with Crippen LogP contribution in [0.2, 0.25) is 0 Å². The van der Waals surface area contributed by atoms with Crippen LogP contribution in [-0.4, -0.2) is 32.4 Å². The Morgan fingerprint density at radius 2 is 2.29 bits per heavy atom. The zero-order chi connectivity index (χ0) is 16.8. The van der Waals surface area contributed by atoms with Gasteiger partial charge in [-0.25, -0.2) is 0 Å². The van der Waals surface area contributed by atoms with E-state index in [2.05, 4.69) is 20.6 Å². The highest BCUT2D eigenvalue weighted by atomic mass is 32.1. The fourth-order valence-corrected chi connectivity index (χ4v) is 2.93. The fourth-order valence-electron chi connectivity index (χ4n) is 2.28. The van der Waals surface area contributed by atoms with Gasteiger partial charge in [0.05, 0.1) is 16.6 Å². The summed E-state index contributed by atoms with van der Waals surface area (Å²) in [5.74, 6) is 1.24. The monoisotopic (exact) mass is 345 g/mol. The lowest BCUT2D eigenvalue weighted by Crippen LogP contribution is -2.24. The van der Waals surface area contributed by atoms with E-state index in [0.29, 0.717) is 23.8 Å². The van der Waals surface area contributed by atoms with Crippen LogP contribution >= 0.6 is 11.3 Å². The van der Waals surface area contributed by atoms with E-state index in [-0.39, 0.29) is 5.91 Å². The summed E-state index contributed by atoms with van der Waals surface area (Å²) in [4.78, 5) is 17.2. The Kier molecular flexibility index (Phi) is 5.37. The van der Waals surface area contributed by atoms with Gasteiger partial charge >= 0.3 is 0 Å². The molecule has 0 saturated heterocycles. The van der Waals surface area contributed by atoms with Crippen molar-refractivity contribution in [1.82, 2.24) is 25.2 Å². The predicted octanol–water partition coefficient (Wildman–Crippen LogP) is 2.67. The van der Waals surface area contributed by atoms with Crippen LogP contribution in [0.4, 0.5) is 0 Å². The van der Waals surface area contributed by atoms with E-state index in [4.69, 9.17) is 4.52 Å². The Balaban J connectivity index is 1.32. The van der Waals surface area contributed by atoms with Gasteiger partial charge in [-0.2, -0.15) is 10.1 Å². The van der Waals surface area contributed by atoms with Crippen LogP contribution < -0.4 is 5.32 Å². The van der Waals surface area contributed by atoms with Gasteiger partial charge in [0.2, 0.25) is 11.7 Å². The number of amides is 1. The Labute approximate surface area is 143 Å². The van der Waals surface area contributed by atoms with Crippen molar-refractivity contribution < 1.29 is 9.32 Å². The van der Waals surface area contributed by atoms with Gasteiger partial charge in [-0.05, 0) is 24.3 Å². The molecule has 0 bridgehead atoms. The summed E-state index contributed by atoms with van der Waals surface area (Å²) in [5, 5.41) is 12.9. The van der Waals surface area contributed by atoms with Crippen molar-refractivity contribution in [3.63, 3.8) is 0 Å². The number of hydrogen-bond donors (Lipinski definition) is 1. The number of carbonyl (C=O) groups excluding carboxylic acids is 1. The van der Waals surface area contributed by atoms with E-state index in [1.165, 1.54) is 0 Å². The van der Waals surface area contributed by atoms with Gasteiger partial charge in [0, 0.05) is 26.2 Å². The average molecular weight is 345 g/mol. The molecule has 0 atom stereocenters. The van der Waals surface area contributed by atoms with Gasteiger partial charge in [-0.1, -0.05) is 17.6 Å². The molecule has 1 amide bonds. The lowest BCUT2D eigenvalue weighted by molar-refractivity contribution is 0.0953. The second-order valence-corrected chi connectivity index (χ2v) is 6.41. The maximum absolute atomic E-state index is 11.8. The molecule has 0 spiro atoms. The molecule has 3 rings (SSSR count). The first-order valence-electron chi connectivity index (χ1n) is 7.85. The molecule has 0 aliphatic rings. The van der Waals surface area contributed by atoms with Crippen LogP contribution in [0.25, 0.3) is 10.7 Å². The summed E-state index contributed by atoms with van der Waals surface area (Å²) in [5.41, 5.74) is 0.587. The molecule has 3 aromatic rings. The van der Waals surface area contributed by atoms with Crippen LogP contribution in [0, 0.1) is 0 Å². The highest BCUT2D eigenvalue weighted by Gasteiger charge is 2.09. The molecular formula is C16H19N5O2S. The summed E-state index contributed by atoms with van der Waals surface area (Å²) in [6.45, 7) is 0.651. The Morgan fingerprint density at radius 3 is 3.04 bits per heavy atom. The van der Waals surface area contributed by atoms with E-state index < -0.39 is 0 Å². The summed E-state index contributed by atoms with van der Waals surface area (Å²) in [6.07, 6.45) is 6.89. The molecule has 0 radical (unpaired) electrons.